The first kappa shape index (κ1) is 25.2. The summed E-state index contributed by atoms with van der Waals surface area (Å²) >= 11 is 0.355. The highest BCUT2D eigenvalue weighted by Gasteiger charge is 2.61. The summed E-state index contributed by atoms with van der Waals surface area (Å²) in [6.45, 7) is 2.51. The molecule has 0 saturated carbocycles. The molecule has 0 saturated heterocycles. The summed E-state index contributed by atoms with van der Waals surface area (Å²) in [6, 6.07) is 7.97. The second-order valence-electron chi connectivity index (χ2n) is 6.31. The molecule has 174 valence electrons. The molecular weight excluding hydrogens is 466 g/mol. The van der Waals surface area contributed by atoms with Crippen LogP contribution in [-0.2, 0) is 9.53 Å². The van der Waals surface area contributed by atoms with Crippen molar-refractivity contribution in [2.45, 2.75) is 26.2 Å². The number of esters is 1. The van der Waals surface area contributed by atoms with Gasteiger partial charge in [0.05, 0.1) is 17.0 Å². The minimum Gasteiger partial charge on any atom is -0.462 e. The Kier molecular flexibility index (Phi) is 7.54. The van der Waals surface area contributed by atoms with E-state index in [1.165, 1.54) is 31.3 Å². The number of hydrogen-bond acceptors (Lipinski definition) is 5. The number of nitrogens with one attached hydrogen (secondary N) is 2. The van der Waals surface area contributed by atoms with Crippen LogP contribution in [0.2, 0.25) is 0 Å². The van der Waals surface area contributed by atoms with Gasteiger partial charge in [-0.3, -0.25) is 9.59 Å². The predicted octanol–water partition coefficient (Wildman–Crippen LogP) is 5.16. The summed E-state index contributed by atoms with van der Waals surface area (Å²) < 4.78 is 82.0. The zero-order valence-corrected chi connectivity index (χ0v) is 17.3. The number of carbonyl (C=O) groups excluding carboxylic acids is 3. The van der Waals surface area contributed by atoms with E-state index in [2.05, 4.69) is 5.32 Å². The summed E-state index contributed by atoms with van der Waals surface area (Å²) in [5, 5.41) is 3.32. The number of para-hydroxylation sites is 1. The van der Waals surface area contributed by atoms with Crippen molar-refractivity contribution in [1.82, 2.24) is 0 Å². The summed E-state index contributed by atoms with van der Waals surface area (Å²) in [5.74, 6) is -8.67. The first-order valence-corrected chi connectivity index (χ1v) is 9.70. The van der Waals surface area contributed by atoms with Gasteiger partial charge in [-0.05, 0) is 31.5 Å². The van der Waals surface area contributed by atoms with Crippen LogP contribution in [0.4, 0.5) is 37.0 Å². The largest absolute Gasteiger partial charge is 0.462 e. The lowest BCUT2D eigenvalue weighted by Crippen LogP contribution is -2.45. The smallest absolute Gasteiger partial charge is 0.409 e. The number of anilines is 2. The Balaban J connectivity index is 2.47. The summed E-state index contributed by atoms with van der Waals surface area (Å²) in [6.07, 6.45) is -11.8. The van der Waals surface area contributed by atoms with Crippen LogP contribution in [0.1, 0.15) is 32.5 Å². The monoisotopic (exact) mass is 482 g/mol. The van der Waals surface area contributed by atoms with Gasteiger partial charge < -0.3 is 15.4 Å². The average Bonchev–Trinajstić information content (AvgIpc) is 2.96. The van der Waals surface area contributed by atoms with Gasteiger partial charge in [0, 0.05) is 5.69 Å². The Morgan fingerprint density at radius 2 is 1.56 bits per heavy atom. The van der Waals surface area contributed by atoms with E-state index in [-0.39, 0.29) is 17.0 Å². The van der Waals surface area contributed by atoms with Crippen molar-refractivity contribution in [3.63, 3.8) is 0 Å². The lowest BCUT2D eigenvalue weighted by Gasteiger charge is -2.21. The van der Waals surface area contributed by atoms with Gasteiger partial charge in [-0.25, -0.2) is 4.79 Å². The number of carbonyl (C=O) groups is 3. The Morgan fingerprint density at radius 1 is 1.00 bits per heavy atom. The van der Waals surface area contributed by atoms with Gasteiger partial charge in [-0.1, -0.05) is 18.2 Å². The maximum atomic E-state index is 12.9. The van der Waals surface area contributed by atoms with E-state index >= 15 is 0 Å². The van der Waals surface area contributed by atoms with Crippen molar-refractivity contribution >= 4 is 39.8 Å². The number of halogens is 6. The molecule has 0 aliphatic rings. The van der Waals surface area contributed by atoms with Crippen LogP contribution >= 0.6 is 11.3 Å². The number of ether oxygens (including phenoxy) is 1. The zero-order valence-electron chi connectivity index (χ0n) is 16.5. The Hall–Kier alpha value is -3.09. The summed E-state index contributed by atoms with van der Waals surface area (Å²) in [4.78, 5) is 36.6. The molecule has 6 nitrogen and oxygen atoms in total. The van der Waals surface area contributed by atoms with Crippen molar-refractivity contribution in [1.29, 1.82) is 0 Å². The third kappa shape index (κ3) is 5.78. The van der Waals surface area contributed by atoms with Crippen LogP contribution < -0.4 is 10.6 Å². The lowest BCUT2D eigenvalue weighted by atomic mass is 10.1. The van der Waals surface area contributed by atoms with Crippen molar-refractivity contribution < 1.29 is 45.5 Å². The number of hydrogen-bond donors (Lipinski definition) is 2. The van der Waals surface area contributed by atoms with Crippen molar-refractivity contribution in [3.8, 4) is 0 Å². The van der Waals surface area contributed by atoms with Crippen molar-refractivity contribution in [2.24, 2.45) is 5.92 Å². The number of amides is 2. The minimum absolute atomic E-state index is 0.0762. The molecule has 0 aliphatic heterocycles. The van der Waals surface area contributed by atoms with E-state index in [1.54, 1.807) is 18.2 Å². The number of alkyl halides is 6. The second-order valence-corrected chi connectivity index (χ2v) is 7.33. The molecule has 0 atom stereocenters. The first-order valence-electron chi connectivity index (χ1n) is 8.88. The quantitative estimate of drug-likeness (QED) is 0.440. The molecule has 1 aromatic heterocycles. The number of rotatable bonds is 6. The van der Waals surface area contributed by atoms with E-state index in [1.807, 2.05) is 0 Å². The molecule has 0 fully saturated rings. The molecule has 0 unspecified atom stereocenters. The lowest BCUT2D eigenvalue weighted by molar-refractivity contribution is -0.272. The van der Waals surface area contributed by atoms with E-state index in [4.69, 9.17) is 4.74 Å². The Morgan fingerprint density at radius 3 is 2.06 bits per heavy atom. The number of thiophene rings is 1. The molecule has 2 amide bonds. The van der Waals surface area contributed by atoms with Crippen LogP contribution in [0.3, 0.4) is 0 Å². The van der Waals surface area contributed by atoms with Crippen LogP contribution in [0.25, 0.3) is 0 Å². The standard InChI is InChI=1S/C19H16F6N2O4S/c1-3-31-17(30)11-9(2)12(14(28)26-10-7-5-4-6-8-10)32-16(11)27-15(29)13(18(20,21)22)19(23,24)25/h4-8,13H,3H2,1-2H3,(H,26,28)(H,27,29). The van der Waals surface area contributed by atoms with Crippen LogP contribution in [0.5, 0.6) is 0 Å². The summed E-state index contributed by atoms with van der Waals surface area (Å²) in [5.41, 5.74) is -0.234. The zero-order chi connectivity index (χ0) is 24.3. The van der Waals surface area contributed by atoms with Crippen LogP contribution in [-0.4, -0.2) is 36.7 Å². The van der Waals surface area contributed by atoms with Crippen molar-refractivity contribution in [2.75, 3.05) is 17.2 Å². The van der Waals surface area contributed by atoms with E-state index in [0.29, 0.717) is 17.0 Å². The highest BCUT2D eigenvalue weighted by Crippen LogP contribution is 2.41. The second kappa shape index (κ2) is 9.59. The van der Waals surface area contributed by atoms with Crippen molar-refractivity contribution in [3.05, 3.63) is 46.3 Å². The topological polar surface area (TPSA) is 84.5 Å². The number of benzene rings is 1. The molecule has 2 N–H and O–H groups in total. The molecule has 0 spiro atoms. The summed E-state index contributed by atoms with van der Waals surface area (Å²) in [7, 11) is 0. The molecule has 1 heterocycles. The molecule has 32 heavy (non-hydrogen) atoms. The van der Waals surface area contributed by atoms with Gasteiger partial charge in [-0.2, -0.15) is 26.3 Å². The average molecular weight is 482 g/mol. The van der Waals surface area contributed by atoms with Crippen LogP contribution in [0, 0.1) is 12.8 Å². The molecule has 1 aromatic carbocycles. The highest BCUT2D eigenvalue weighted by molar-refractivity contribution is 7.19. The molecule has 13 heteroatoms. The molecule has 2 aromatic rings. The van der Waals surface area contributed by atoms with Gasteiger partial charge in [0.25, 0.3) is 5.91 Å². The van der Waals surface area contributed by atoms with Crippen LogP contribution in [0.15, 0.2) is 30.3 Å². The third-order valence-corrected chi connectivity index (χ3v) is 5.22. The fraction of sp³-hybridized carbons (Fsp3) is 0.316. The van der Waals surface area contributed by atoms with Gasteiger partial charge in [0.2, 0.25) is 11.8 Å². The predicted molar refractivity (Wildman–Crippen MR) is 104 cm³/mol. The van der Waals surface area contributed by atoms with E-state index < -0.39 is 46.6 Å². The Bertz CT molecular complexity index is 988. The fourth-order valence-electron chi connectivity index (χ4n) is 2.64. The van der Waals surface area contributed by atoms with Gasteiger partial charge >= 0.3 is 18.3 Å². The molecule has 0 bridgehead atoms. The fourth-order valence-corrected chi connectivity index (χ4v) is 3.74. The van der Waals surface area contributed by atoms with Gasteiger partial charge in [0.15, 0.2) is 0 Å². The molecule has 0 radical (unpaired) electrons. The normalized spacial score (nSPS) is 11.9. The van der Waals surface area contributed by atoms with Gasteiger partial charge in [-0.15, -0.1) is 11.3 Å². The Labute approximate surface area is 181 Å². The molecular formula is C19H16F6N2O4S. The third-order valence-electron chi connectivity index (χ3n) is 4.02. The maximum absolute atomic E-state index is 12.9. The minimum atomic E-state index is -5.92. The maximum Gasteiger partial charge on any atom is 0.409 e. The van der Waals surface area contributed by atoms with E-state index in [9.17, 15) is 40.7 Å². The highest BCUT2D eigenvalue weighted by atomic mass is 32.1. The molecule has 0 aliphatic carbocycles. The van der Waals surface area contributed by atoms with Gasteiger partial charge in [0.1, 0.15) is 5.00 Å². The first-order chi connectivity index (χ1) is 14.8. The van der Waals surface area contributed by atoms with E-state index in [0.717, 1.165) is 0 Å². The SMILES string of the molecule is CCOC(=O)c1c(NC(=O)C(C(F)(F)F)C(F)(F)F)sc(C(=O)Nc2ccccc2)c1C. The molecule has 2 rings (SSSR count).